The first-order valence-electron chi connectivity index (χ1n) is 6.64. The summed E-state index contributed by atoms with van der Waals surface area (Å²) in [5.74, 6) is 0. The fraction of sp³-hybridized carbons (Fsp3) is 0.429. The molecule has 0 radical (unpaired) electrons. The normalized spacial score (nSPS) is 16.7. The molecule has 0 amide bonds. The van der Waals surface area contributed by atoms with Crippen molar-refractivity contribution in [2.45, 2.75) is 36.6 Å². The molecule has 1 aromatic rings. The number of nitrogen functional groups attached to an aromatic ring is 1. The van der Waals surface area contributed by atoms with Gasteiger partial charge in [-0.25, -0.2) is 8.42 Å². The van der Waals surface area contributed by atoms with Gasteiger partial charge in [0.2, 0.25) is 10.0 Å². The number of rotatable bonds is 5. The Morgan fingerprint density at radius 3 is 2.65 bits per heavy atom. The number of benzene rings is 1. The molecule has 1 aromatic carbocycles. The highest BCUT2D eigenvalue weighted by molar-refractivity contribution is 7.89. The Kier molecular flexibility index (Phi) is 4.73. The van der Waals surface area contributed by atoms with Crippen molar-refractivity contribution in [1.82, 2.24) is 4.31 Å². The second-order valence-electron chi connectivity index (χ2n) is 4.99. The van der Waals surface area contributed by atoms with Gasteiger partial charge in [0, 0.05) is 18.3 Å². The zero-order valence-corrected chi connectivity index (χ0v) is 12.8. The highest BCUT2D eigenvalue weighted by Gasteiger charge is 2.33. The summed E-state index contributed by atoms with van der Waals surface area (Å²) < 4.78 is 27.1. The molecule has 1 aliphatic carbocycles. The van der Waals surface area contributed by atoms with Crippen LogP contribution in [-0.2, 0) is 10.0 Å². The van der Waals surface area contributed by atoms with Crippen LogP contribution in [0.2, 0.25) is 5.02 Å². The summed E-state index contributed by atoms with van der Waals surface area (Å²) in [5.41, 5.74) is 6.08. The number of hydrogen-bond donors (Lipinski definition) is 1. The van der Waals surface area contributed by atoms with Gasteiger partial charge in [0.15, 0.2) is 0 Å². The second kappa shape index (κ2) is 6.16. The van der Waals surface area contributed by atoms with Crippen molar-refractivity contribution in [2.75, 3.05) is 12.3 Å². The molecule has 0 saturated heterocycles. The van der Waals surface area contributed by atoms with Crippen molar-refractivity contribution in [2.24, 2.45) is 0 Å². The molecule has 1 fully saturated rings. The third kappa shape index (κ3) is 3.00. The van der Waals surface area contributed by atoms with Gasteiger partial charge in [-0.1, -0.05) is 30.5 Å². The van der Waals surface area contributed by atoms with Crippen LogP contribution in [-0.4, -0.2) is 25.3 Å². The second-order valence-corrected chi connectivity index (χ2v) is 7.26. The molecule has 20 heavy (non-hydrogen) atoms. The predicted octanol–water partition coefficient (Wildman–Crippen LogP) is 3.04. The monoisotopic (exact) mass is 314 g/mol. The van der Waals surface area contributed by atoms with Crippen molar-refractivity contribution >= 4 is 27.3 Å². The average Bonchev–Trinajstić information content (AvgIpc) is 2.92. The summed E-state index contributed by atoms with van der Waals surface area (Å²) in [6.45, 7) is 3.95. The van der Waals surface area contributed by atoms with Crippen LogP contribution in [0.25, 0.3) is 0 Å². The molecule has 0 spiro atoms. The first-order valence-corrected chi connectivity index (χ1v) is 8.46. The van der Waals surface area contributed by atoms with Gasteiger partial charge in [-0.3, -0.25) is 0 Å². The summed E-state index contributed by atoms with van der Waals surface area (Å²) in [6.07, 6.45) is 5.48. The molecule has 2 N–H and O–H groups in total. The fourth-order valence-corrected chi connectivity index (χ4v) is 4.77. The molecule has 1 aliphatic rings. The maximum atomic E-state index is 12.8. The largest absolute Gasteiger partial charge is 0.399 e. The van der Waals surface area contributed by atoms with E-state index in [4.69, 9.17) is 17.3 Å². The first-order chi connectivity index (χ1) is 9.46. The molecule has 0 heterocycles. The lowest BCUT2D eigenvalue weighted by molar-refractivity contribution is 0.347. The van der Waals surface area contributed by atoms with Crippen LogP contribution >= 0.6 is 11.6 Å². The highest BCUT2D eigenvalue weighted by atomic mass is 35.5. The summed E-state index contributed by atoms with van der Waals surface area (Å²) in [4.78, 5) is 0.0768. The molecule has 0 atom stereocenters. The van der Waals surface area contributed by atoms with Gasteiger partial charge >= 0.3 is 0 Å². The number of anilines is 1. The van der Waals surface area contributed by atoms with E-state index in [1.54, 1.807) is 12.1 Å². The topological polar surface area (TPSA) is 63.4 Å². The van der Waals surface area contributed by atoms with E-state index in [2.05, 4.69) is 6.58 Å². The van der Waals surface area contributed by atoms with Gasteiger partial charge in [-0.2, -0.15) is 4.31 Å². The third-order valence-electron chi connectivity index (χ3n) is 3.58. The molecule has 0 unspecified atom stereocenters. The number of sulfonamides is 1. The van der Waals surface area contributed by atoms with E-state index in [1.807, 2.05) is 0 Å². The van der Waals surface area contributed by atoms with Crippen LogP contribution in [0.15, 0.2) is 35.7 Å². The SMILES string of the molecule is C=CCN(C1CCCC1)S(=O)(=O)c1cc(N)ccc1Cl. The molecule has 6 heteroatoms. The van der Waals surface area contributed by atoms with E-state index in [1.165, 1.54) is 16.4 Å². The molecule has 110 valence electrons. The Morgan fingerprint density at radius 1 is 1.40 bits per heavy atom. The van der Waals surface area contributed by atoms with E-state index in [0.29, 0.717) is 5.69 Å². The summed E-state index contributed by atoms with van der Waals surface area (Å²) >= 11 is 6.04. The van der Waals surface area contributed by atoms with Crippen LogP contribution in [0, 0.1) is 0 Å². The standard InChI is InChI=1S/C14H19ClN2O2S/c1-2-9-17(12-5-3-4-6-12)20(18,19)14-10-11(16)7-8-13(14)15/h2,7-8,10,12H,1,3-6,9,16H2. The summed E-state index contributed by atoms with van der Waals surface area (Å²) in [6, 6.07) is 4.55. The van der Waals surface area contributed by atoms with E-state index in [0.717, 1.165) is 25.7 Å². The van der Waals surface area contributed by atoms with Crippen molar-refractivity contribution in [3.8, 4) is 0 Å². The van der Waals surface area contributed by atoms with Crippen LogP contribution in [0.3, 0.4) is 0 Å². The number of hydrogen-bond acceptors (Lipinski definition) is 3. The van der Waals surface area contributed by atoms with Gasteiger partial charge < -0.3 is 5.73 Å². The predicted molar refractivity (Wildman–Crippen MR) is 82.2 cm³/mol. The lowest BCUT2D eigenvalue weighted by Gasteiger charge is -2.27. The van der Waals surface area contributed by atoms with E-state index >= 15 is 0 Å². The molecule has 0 aromatic heterocycles. The van der Waals surface area contributed by atoms with Crippen LogP contribution < -0.4 is 5.73 Å². The van der Waals surface area contributed by atoms with E-state index in [9.17, 15) is 8.42 Å². The van der Waals surface area contributed by atoms with E-state index in [-0.39, 0.29) is 22.5 Å². The quantitative estimate of drug-likeness (QED) is 0.671. The number of nitrogens with zero attached hydrogens (tertiary/aromatic N) is 1. The minimum absolute atomic E-state index is 0.0236. The number of nitrogens with two attached hydrogens (primary N) is 1. The zero-order valence-electron chi connectivity index (χ0n) is 11.3. The zero-order chi connectivity index (χ0) is 14.8. The lowest BCUT2D eigenvalue weighted by atomic mass is 10.2. The highest BCUT2D eigenvalue weighted by Crippen LogP contribution is 2.32. The third-order valence-corrected chi connectivity index (χ3v) is 5.98. The maximum absolute atomic E-state index is 12.8. The van der Waals surface area contributed by atoms with Crippen molar-refractivity contribution in [1.29, 1.82) is 0 Å². The lowest BCUT2D eigenvalue weighted by Crippen LogP contribution is -2.39. The maximum Gasteiger partial charge on any atom is 0.245 e. The Hall–Kier alpha value is -1.04. The Morgan fingerprint density at radius 2 is 2.05 bits per heavy atom. The van der Waals surface area contributed by atoms with Crippen molar-refractivity contribution in [3.63, 3.8) is 0 Å². The van der Waals surface area contributed by atoms with Gasteiger partial charge in [0.05, 0.1) is 5.02 Å². The summed E-state index contributed by atoms with van der Waals surface area (Å²) in [5, 5.41) is 0.200. The smallest absolute Gasteiger partial charge is 0.245 e. The Bertz CT molecular complexity index is 595. The van der Waals surface area contributed by atoms with Crippen LogP contribution in [0.5, 0.6) is 0 Å². The van der Waals surface area contributed by atoms with Crippen molar-refractivity contribution in [3.05, 3.63) is 35.9 Å². The molecule has 2 rings (SSSR count). The summed E-state index contributed by atoms with van der Waals surface area (Å²) in [7, 11) is -3.65. The molecule has 0 bridgehead atoms. The van der Waals surface area contributed by atoms with Crippen LogP contribution in [0.4, 0.5) is 5.69 Å². The van der Waals surface area contributed by atoms with Gasteiger partial charge in [0.25, 0.3) is 0 Å². The Balaban J connectivity index is 2.44. The molecule has 0 aliphatic heterocycles. The molecular weight excluding hydrogens is 296 g/mol. The van der Waals surface area contributed by atoms with Gasteiger partial charge in [-0.15, -0.1) is 6.58 Å². The minimum Gasteiger partial charge on any atom is -0.399 e. The van der Waals surface area contributed by atoms with Crippen molar-refractivity contribution < 1.29 is 8.42 Å². The number of halogens is 1. The molecule has 1 saturated carbocycles. The van der Waals surface area contributed by atoms with Crippen LogP contribution in [0.1, 0.15) is 25.7 Å². The van der Waals surface area contributed by atoms with E-state index < -0.39 is 10.0 Å². The average molecular weight is 315 g/mol. The van der Waals surface area contributed by atoms with Gasteiger partial charge in [0.1, 0.15) is 4.90 Å². The fourth-order valence-electron chi connectivity index (χ4n) is 2.61. The first kappa shape index (κ1) is 15.4. The van der Waals surface area contributed by atoms with Gasteiger partial charge in [-0.05, 0) is 31.0 Å². The minimum atomic E-state index is -3.65. The molecular formula is C14H19ClN2O2S. The molecule has 4 nitrogen and oxygen atoms in total. The Labute approximate surface area is 125 Å².